The van der Waals surface area contributed by atoms with Crippen LogP contribution in [0.4, 0.5) is 0 Å². The van der Waals surface area contributed by atoms with Gasteiger partial charge in [0.1, 0.15) is 29.5 Å². The first kappa shape index (κ1) is 17.1. The molecule has 1 aliphatic rings. The summed E-state index contributed by atoms with van der Waals surface area (Å²) in [4.78, 5) is 6.37. The van der Waals surface area contributed by atoms with Crippen LogP contribution < -0.4 is 4.74 Å². The number of β-amino-alcohol motifs (C(OH)–C–C–N with tert-alkyl or cyclic N) is 1. The summed E-state index contributed by atoms with van der Waals surface area (Å²) in [6.07, 6.45) is 3.68. The van der Waals surface area contributed by atoms with Gasteiger partial charge in [0.25, 0.3) is 0 Å². The summed E-state index contributed by atoms with van der Waals surface area (Å²) >= 11 is 0. The first-order valence-electron chi connectivity index (χ1n) is 9.05. The molecule has 0 aliphatic carbocycles. The number of aryl methyl sites for hydroxylation is 2. The van der Waals surface area contributed by atoms with E-state index >= 15 is 0 Å². The van der Waals surface area contributed by atoms with Gasteiger partial charge in [-0.1, -0.05) is 6.07 Å². The van der Waals surface area contributed by atoms with E-state index in [9.17, 15) is 5.11 Å². The van der Waals surface area contributed by atoms with Gasteiger partial charge in [0, 0.05) is 30.9 Å². The van der Waals surface area contributed by atoms with Gasteiger partial charge in [0.05, 0.1) is 6.54 Å². The SMILES string of the molecule is Cc1cc(CN2CC[C@@H](Oc3ccc4ccncc4c3)[C@H](O)C2)oc1C. The van der Waals surface area contributed by atoms with Crippen LogP contribution in [0.15, 0.2) is 47.1 Å². The molecule has 3 heterocycles. The second kappa shape index (κ2) is 7.09. The lowest BCUT2D eigenvalue weighted by molar-refractivity contribution is -0.0289. The Morgan fingerprint density at radius 3 is 2.88 bits per heavy atom. The van der Waals surface area contributed by atoms with E-state index in [-0.39, 0.29) is 6.10 Å². The van der Waals surface area contributed by atoms with Gasteiger partial charge in [-0.2, -0.15) is 0 Å². The summed E-state index contributed by atoms with van der Waals surface area (Å²) in [5.41, 5.74) is 1.17. The van der Waals surface area contributed by atoms with Gasteiger partial charge in [-0.15, -0.1) is 0 Å². The number of ether oxygens (including phenoxy) is 1. The van der Waals surface area contributed by atoms with Gasteiger partial charge >= 0.3 is 0 Å². The van der Waals surface area contributed by atoms with Crippen LogP contribution in [-0.4, -0.2) is 40.3 Å². The number of aliphatic hydroxyl groups excluding tert-OH is 1. The summed E-state index contributed by atoms with van der Waals surface area (Å²) in [7, 11) is 0. The predicted molar refractivity (Wildman–Crippen MR) is 100 cm³/mol. The fourth-order valence-electron chi connectivity index (χ4n) is 3.52. The minimum absolute atomic E-state index is 0.194. The number of furan rings is 1. The molecule has 0 spiro atoms. The molecule has 2 aromatic heterocycles. The molecule has 2 atom stereocenters. The first-order valence-corrected chi connectivity index (χ1v) is 9.05. The second-order valence-electron chi connectivity index (χ2n) is 7.08. The third-order valence-electron chi connectivity index (χ3n) is 5.10. The van der Waals surface area contributed by atoms with Crippen molar-refractivity contribution in [1.29, 1.82) is 0 Å². The lowest BCUT2D eigenvalue weighted by Crippen LogP contribution is -2.48. The number of benzene rings is 1. The van der Waals surface area contributed by atoms with Crippen molar-refractivity contribution in [1.82, 2.24) is 9.88 Å². The van der Waals surface area contributed by atoms with E-state index in [2.05, 4.69) is 22.9 Å². The van der Waals surface area contributed by atoms with E-state index in [1.54, 1.807) is 6.20 Å². The van der Waals surface area contributed by atoms with E-state index < -0.39 is 6.10 Å². The number of likely N-dealkylation sites (tertiary alicyclic amines) is 1. The van der Waals surface area contributed by atoms with E-state index in [1.807, 2.05) is 37.4 Å². The predicted octanol–water partition coefficient (Wildman–Crippen LogP) is 3.46. The van der Waals surface area contributed by atoms with Crippen LogP contribution in [0.25, 0.3) is 10.8 Å². The van der Waals surface area contributed by atoms with Gasteiger partial charge in [-0.3, -0.25) is 9.88 Å². The van der Waals surface area contributed by atoms with Crippen molar-refractivity contribution in [3.8, 4) is 5.75 Å². The fraction of sp³-hybridized carbons (Fsp3) is 0.381. The highest BCUT2D eigenvalue weighted by atomic mass is 16.5. The van der Waals surface area contributed by atoms with Crippen LogP contribution in [-0.2, 0) is 6.54 Å². The Labute approximate surface area is 153 Å². The van der Waals surface area contributed by atoms with Crippen molar-refractivity contribution >= 4 is 10.8 Å². The highest BCUT2D eigenvalue weighted by Crippen LogP contribution is 2.25. The number of hydrogen-bond donors (Lipinski definition) is 1. The average Bonchev–Trinajstić information content (AvgIpc) is 2.94. The van der Waals surface area contributed by atoms with Crippen LogP contribution in [0, 0.1) is 13.8 Å². The van der Waals surface area contributed by atoms with Gasteiger partial charge in [-0.25, -0.2) is 0 Å². The molecule has 0 amide bonds. The molecular formula is C21H24N2O3. The molecule has 1 saturated heterocycles. The highest BCUT2D eigenvalue weighted by Gasteiger charge is 2.29. The van der Waals surface area contributed by atoms with Crippen molar-refractivity contribution in [3.63, 3.8) is 0 Å². The van der Waals surface area contributed by atoms with Crippen LogP contribution in [0.3, 0.4) is 0 Å². The third kappa shape index (κ3) is 3.59. The van der Waals surface area contributed by atoms with E-state index in [4.69, 9.17) is 9.15 Å². The molecule has 5 nitrogen and oxygen atoms in total. The highest BCUT2D eigenvalue weighted by molar-refractivity contribution is 5.82. The van der Waals surface area contributed by atoms with Crippen molar-refractivity contribution < 1.29 is 14.3 Å². The molecule has 1 aliphatic heterocycles. The van der Waals surface area contributed by atoms with E-state index in [0.717, 1.165) is 47.6 Å². The first-order chi connectivity index (χ1) is 12.6. The number of rotatable bonds is 4. The smallest absolute Gasteiger partial charge is 0.127 e. The van der Waals surface area contributed by atoms with Gasteiger partial charge in [-0.05, 0) is 55.5 Å². The van der Waals surface area contributed by atoms with Crippen LogP contribution in [0.5, 0.6) is 5.75 Å². The van der Waals surface area contributed by atoms with Gasteiger partial charge in [0.15, 0.2) is 0 Å². The number of nitrogens with zero attached hydrogens (tertiary/aromatic N) is 2. The molecule has 136 valence electrons. The number of piperidine rings is 1. The number of fused-ring (bicyclic) bond motifs is 1. The van der Waals surface area contributed by atoms with Crippen molar-refractivity contribution in [2.75, 3.05) is 13.1 Å². The summed E-state index contributed by atoms with van der Waals surface area (Å²) in [6.45, 7) is 6.21. The third-order valence-corrected chi connectivity index (χ3v) is 5.10. The summed E-state index contributed by atoms with van der Waals surface area (Å²) in [5.74, 6) is 2.69. The molecule has 1 N–H and O–H groups in total. The van der Waals surface area contributed by atoms with Crippen molar-refractivity contribution in [2.24, 2.45) is 0 Å². The van der Waals surface area contributed by atoms with Gasteiger partial charge in [0.2, 0.25) is 0 Å². The molecule has 0 saturated carbocycles. The second-order valence-corrected chi connectivity index (χ2v) is 7.08. The molecular weight excluding hydrogens is 328 g/mol. The lowest BCUT2D eigenvalue weighted by Gasteiger charge is -2.35. The maximum atomic E-state index is 10.5. The van der Waals surface area contributed by atoms with E-state index in [0.29, 0.717) is 6.54 Å². The Bertz CT molecular complexity index is 886. The zero-order valence-electron chi connectivity index (χ0n) is 15.2. The topological polar surface area (TPSA) is 58.7 Å². The fourth-order valence-corrected chi connectivity index (χ4v) is 3.52. The monoisotopic (exact) mass is 352 g/mol. The number of aromatic nitrogens is 1. The molecule has 0 radical (unpaired) electrons. The standard InChI is InChI=1S/C21H24N2O3/c1-14-9-19(25-15(14)2)12-23-8-6-21(20(24)13-23)26-18-4-3-16-5-7-22-11-17(16)10-18/h3-5,7,9-11,20-21,24H,6,8,12-13H2,1-2H3/t20-,21-/m1/s1. The van der Waals surface area contributed by atoms with Crippen molar-refractivity contribution in [2.45, 2.75) is 39.0 Å². The normalized spacial score (nSPS) is 21.2. The molecule has 3 aromatic rings. The molecule has 1 aromatic carbocycles. The Morgan fingerprint density at radius 1 is 1.23 bits per heavy atom. The minimum Gasteiger partial charge on any atom is -0.488 e. The molecule has 26 heavy (non-hydrogen) atoms. The Morgan fingerprint density at radius 2 is 2.12 bits per heavy atom. The van der Waals surface area contributed by atoms with Gasteiger partial charge < -0.3 is 14.3 Å². The summed E-state index contributed by atoms with van der Waals surface area (Å²) in [6, 6.07) is 10.0. The lowest BCUT2D eigenvalue weighted by atomic mass is 10.0. The maximum Gasteiger partial charge on any atom is 0.127 e. The zero-order chi connectivity index (χ0) is 18.1. The number of aliphatic hydroxyl groups is 1. The van der Waals surface area contributed by atoms with Crippen LogP contribution >= 0.6 is 0 Å². The molecule has 5 heteroatoms. The molecule has 0 unspecified atom stereocenters. The number of hydrogen-bond acceptors (Lipinski definition) is 5. The maximum absolute atomic E-state index is 10.5. The number of pyridine rings is 1. The Kier molecular flexibility index (Phi) is 4.66. The quantitative estimate of drug-likeness (QED) is 0.779. The zero-order valence-corrected chi connectivity index (χ0v) is 15.2. The Balaban J connectivity index is 1.38. The molecule has 1 fully saturated rings. The summed E-state index contributed by atoms with van der Waals surface area (Å²) in [5, 5.41) is 12.7. The van der Waals surface area contributed by atoms with Crippen LogP contribution in [0.1, 0.15) is 23.5 Å². The van der Waals surface area contributed by atoms with Crippen LogP contribution in [0.2, 0.25) is 0 Å². The van der Waals surface area contributed by atoms with Crippen molar-refractivity contribution in [3.05, 3.63) is 59.8 Å². The molecule has 0 bridgehead atoms. The minimum atomic E-state index is -0.523. The average molecular weight is 352 g/mol. The molecule has 4 rings (SSSR count). The largest absolute Gasteiger partial charge is 0.488 e. The van der Waals surface area contributed by atoms with E-state index in [1.165, 1.54) is 5.56 Å². The summed E-state index contributed by atoms with van der Waals surface area (Å²) < 4.78 is 11.8. The Hall–Kier alpha value is -2.37.